The van der Waals surface area contributed by atoms with Crippen molar-refractivity contribution in [1.82, 2.24) is 0 Å². The van der Waals surface area contributed by atoms with Gasteiger partial charge in [0.25, 0.3) is 0 Å². The van der Waals surface area contributed by atoms with E-state index in [0.29, 0.717) is 41.0 Å². The van der Waals surface area contributed by atoms with Crippen LogP contribution in [0.2, 0.25) is 0 Å². The predicted molar refractivity (Wildman–Crippen MR) is 215 cm³/mol. The summed E-state index contributed by atoms with van der Waals surface area (Å²) in [6.45, 7) is 24.9. The van der Waals surface area contributed by atoms with Gasteiger partial charge in [0.2, 0.25) is 0 Å². The quantitative estimate of drug-likeness (QED) is 0.226. The van der Waals surface area contributed by atoms with Crippen LogP contribution in [0.25, 0.3) is 0 Å². The molecule has 0 bridgehead atoms. The molecular formula is C42H80O7S2. The maximum atomic E-state index is 11.0. The van der Waals surface area contributed by atoms with Crippen LogP contribution in [0.4, 0.5) is 0 Å². The van der Waals surface area contributed by atoms with Crippen molar-refractivity contribution in [2.45, 2.75) is 178 Å². The van der Waals surface area contributed by atoms with Crippen molar-refractivity contribution >= 4 is 37.0 Å². The summed E-state index contributed by atoms with van der Waals surface area (Å²) < 4.78 is 43.9. The molecule has 4 aliphatic carbocycles. The van der Waals surface area contributed by atoms with E-state index in [1.165, 1.54) is 44.9 Å². The number of Topliss-reactive ketones (excluding diaryl/α,β-unsaturated/α-hetero) is 3. The van der Waals surface area contributed by atoms with E-state index in [2.05, 4.69) is 34.6 Å². The van der Waals surface area contributed by atoms with Gasteiger partial charge in [-0.05, 0) is 74.5 Å². The summed E-state index contributed by atoms with van der Waals surface area (Å²) in [7, 11) is -5.35. The van der Waals surface area contributed by atoms with E-state index < -0.39 is 19.7 Å². The summed E-state index contributed by atoms with van der Waals surface area (Å²) in [4.78, 5) is 32.3. The minimum atomic E-state index is -2.67. The van der Waals surface area contributed by atoms with Gasteiger partial charge in [-0.15, -0.1) is 0 Å². The highest BCUT2D eigenvalue weighted by Gasteiger charge is 2.35. The first-order valence-corrected chi connectivity index (χ1v) is 23.5. The van der Waals surface area contributed by atoms with Crippen molar-refractivity contribution in [3.05, 3.63) is 0 Å². The molecule has 0 amide bonds. The number of sulfone groups is 2. The van der Waals surface area contributed by atoms with Gasteiger partial charge in [-0.3, -0.25) is 14.4 Å². The number of ketones is 3. The smallest absolute Gasteiger partial charge is 0.153 e. The standard InChI is InChI=1S/C8H16.C7H10O2.C7H12O.C7H14.2C6H12O2S.CH4/c1-7-5-3-4-6-8(7)2;1-4-5(2)7(9)3-6(4)8;1-5-3-4-7(8)6(5)2;1-6-4-3-5-7(6)2;2*1-5-3-4-9(7,8)6(5)2;/h7-8H,3-6H2,1-2H3;4-5H,3H2,1-2H3;5-6H,3-4H2,1-2H3;6-7H,3-5H2,1-2H3;2*5-6H,3-4H2,1-2H3;1H4. The van der Waals surface area contributed by atoms with E-state index in [0.717, 1.165) is 49.4 Å². The van der Waals surface area contributed by atoms with E-state index in [1.54, 1.807) is 13.8 Å². The molecule has 0 spiro atoms. The van der Waals surface area contributed by atoms with Gasteiger partial charge in [0.15, 0.2) is 19.7 Å². The molecule has 0 radical (unpaired) electrons. The van der Waals surface area contributed by atoms with Crippen molar-refractivity contribution in [3.63, 3.8) is 0 Å². The summed E-state index contributed by atoms with van der Waals surface area (Å²) in [6.07, 6.45) is 14.1. The molecule has 6 rings (SSSR count). The SMILES string of the molecule is C.CC1C(=O)CC(=O)C1C.CC1CCC(=O)C1C.CC1CCCC1C.CC1CCCCC1C.CC1CCS(=O)(=O)C1C.CC1CCS(=O)(=O)C1C. The Balaban J connectivity index is 0.000000587. The fraction of sp³-hybridized carbons (Fsp3) is 0.929. The Morgan fingerprint density at radius 3 is 0.843 bits per heavy atom. The number of hydrogen-bond acceptors (Lipinski definition) is 7. The molecule has 0 aromatic rings. The molecule has 0 N–H and O–H groups in total. The van der Waals surface area contributed by atoms with Crippen LogP contribution >= 0.6 is 0 Å². The van der Waals surface area contributed by atoms with Gasteiger partial charge in [0, 0.05) is 24.2 Å². The molecule has 2 saturated heterocycles. The van der Waals surface area contributed by atoms with Gasteiger partial charge in [-0.25, -0.2) is 16.8 Å². The summed E-state index contributed by atoms with van der Waals surface area (Å²) >= 11 is 0. The van der Waals surface area contributed by atoms with Gasteiger partial charge in [-0.2, -0.15) is 0 Å². The Bertz CT molecular complexity index is 1190. The first-order valence-electron chi connectivity index (χ1n) is 20.0. The zero-order chi connectivity index (χ0) is 38.6. The molecule has 302 valence electrons. The molecule has 12 atom stereocenters. The van der Waals surface area contributed by atoms with E-state index >= 15 is 0 Å². The first-order chi connectivity index (χ1) is 23.0. The lowest BCUT2D eigenvalue weighted by Gasteiger charge is -2.24. The summed E-state index contributed by atoms with van der Waals surface area (Å²) in [5, 5.41) is -0.199. The predicted octanol–water partition coefficient (Wildman–Crippen LogP) is 9.99. The van der Waals surface area contributed by atoms with Crippen molar-refractivity contribution in [3.8, 4) is 0 Å². The lowest BCUT2D eigenvalue weighted by atomic mass is 9.82. The summed E-state index contributed by atoms with van der Waals surface area (Å²) in [6, 6.07) is 0. The average Bonchev–Trinajstić information content (AvgIpc) is 3.79. The molecule has 6 fully saturated rings. The van der Waals surface area contributed by atoms with Crippen LogP contribution in [-0.4, -0.2) is 56.2 Å². The Kier molecular flexibility index (Phi) is 22.5. The van der Waals surface area contributed by atoms with Crippen LogP contribution in [0, 0.1) is 59.2 Å². The monoisotopic (exact) mass is 761 g/mol. The Morgan fingerprint density at radius 1 is 0.392 bits per heavy atom. The van der Waals surface area contributed by atoms with Gasteiger partial charge < -0.3 is 0 Å². The fourth-order valence-electron chi connectivity index (χ4n) is 7.30. The molecule has 4 saturated carbocycles. The number of rotatable bonds is 0. The van der Waals surface area contributed by atoms with Crippen molar-refractivity contribution in [2.24, 2.45) is 59.2 Å². The summed E-state index contributed by atoms with van der Waals surface area (Å²) in [5.74, 6) is 7.16. The van der Waals surface area contributed by atoms with Crippen LogP contribution in [0.15, 0.2) is 0 Å². The number of carbonyl (C=O) groups is 3. The van der Waals surface area contributed by atoms with Gasteiger partial charge in [0.05, 0.1) is 28.4 Å². The van der Waals surface area contributed by atoms with E-state index in [1.807, 2.05) is 34.6 Å². The lowest BCUT2D eigenvalue weighted by Crippen LogP contribution is -2.15. The van der Waals surface area contributed by atoms with Crippen LogP contribution in [0.3, 0.4) is 0 Å². The largest absolute Gasteiger partial charge is 0.299 e. The van der Waals surface area contributed by atoms with E-state index in [9.17, 15) is 31.2 Å². The molecule has 0 aromatic carbocycles. The fourth-order valence-corrected chi connectivity index (χ4v) is 11.1. The van der Waals surface area contributed by atoms with Crippen LogP contribution in [0.1, 0.15) is 168 Å². The Hall–Kier alpha value is -1.09. The minimum absolute atomic E-state index is 0. The topological polar surface area (TPSA) is 119 Å². The number of carbonyl (C=O) groups excluding carboxylic acids is 3. The molecular weight excluding hydrogens is 681 g/mol. The highest BCUT2D eigenvalue weighted by Crippen LogP contribution is 2.31. The van der Waals surface area contributed by atoms with E-state index in [-0.39, 0.29) is 47.7 Å². The molecule has 12 unspecified atom stereocenters. The Morgan fingerprint density at radius 2 is 0.725 bits per heavy atom. The zero-order valence-electron chi connectivity index (χ0n) is 34.0. The molecule has 7 nitrogen and oxygen atoms in total. The molecule has 2 aliphatic heterocycles. The third-order valence-corrected chi connectivity index (χ3v) is 18.4. The van der Waals surface area contributed by atoms with Gasteiger partial charge >= 0.3 is 0 Å². The average molecular weight is 761 g/mol. The maximum absolute atomic E-state index is 11.0. The molecule has 2 heterocycles. The van der Waals surface area contributed by atoms with Crippen LogP contribution < -0.4 is 0 Å². The highest BCUT2D eigenvalue weighted by atomic mass is 32.2. The normalized spacial score (nSPS) is 38.9. The van der Waals surface area contributed by atoms with E-state index in [4.69, 9.17) is 0 Å². The summed E-state index contributed by atoms with van der Waals surface area (Å²) in [5.41, 5.74) is 0. The maximum Gasteiger partial charge on any atom is 0.153 e. The third-order valence-electron chi connectivity index (χ3n) is 13.6. The van der Waals surface area contributed by atoms with Gasteiger partial charge in [-0.1, -0.05) is 122 Å². The Labute approximate surface area is 315 Å². The second-order valence-electron chi connectivity index (χ2n) is 17.3. The molecule has 9 heteroatoms. The van der Waals surface area contributed by atoms with Crippen molar-refractivity contribution < 1.29 is 31.2 Å². The van der Waals surface area contributed by atoms with Gasteiger partial charge in [0.1, 0.15) is 17.3 Å². The second kappa shape index (κ2) is 23.0. The minimum Gasteiger partial charge on any atom is -0.299 e. The lowest BCUT2D eigenvalue weighted by molar-refractivity contribution is -0.123. The molecule has 6 aliphatic rings. The third kappa shape index (κ3) is 16.4. The molecule has 0 aromatic heterocycles. The second-order valence-corrected chi connectivity index (χ2v) is 22.2. The highest BCUT2D eigenvalue weighted by molar-refractivity contribution is 7.92. The van der Waals surface area contributed by atoms with Crippen molar-refractivity contribution in [1.29, 1.82) is 0 Å². The van der Waals surface area contributed by atoms with Crippen molar-refractivity contribution in [2.75, 3.05) is 11.5 Å². The molecule has 51 heavy (non-hydrogen) atoms. The first kappa shape index (κ1) is 49.9. The number of hydrogen-bond donors (Lipinski definition) is 0. The van der Waals surface area contributed by atoms with Crippen LogP contribution in [0.5, 0.6) is 0 Å². The van der Waals surface area contributed by atoms with Crippen LogP contribution in [-0.2, 0) is 34.1 Å². The zero-order valence-corrected chi connectivity index (χ0v) is 35.6.